The van der Waals surface area contributed by atoms with Crippen LogP contribution in [0.4, 0.5) is 0 Å². The molecule has 0 fully saturated rings. The average Bonchev–Trinajstić information content (AvgIpc) is 2.17. The maximum absolute atomic E-state index is 9.13. The fraction of sp³-hybridized carbons (Fsp3) is 0.538. The van der Waals surface area contributed by atoms with Crippen LogP contribution >= 0.6 is 0 Å². The van der Waals surface area contributed by atoms with E-state index in [1.165, 1.54) is 5.56 Å². The molecule has 1 N–H and O–H groups in total. The molecule has 15 heavy (non-hydrogen) atoms. The quantitative estimate of drug-likeness (QED) is 0.806. The highest BCUT2D eigenvalue weighted by molar-refractivity contribution is 5.35. The number of aliphatic hydroxyl groups is 1. The van der Waals surface area contributed by atoms with E-state index in [2.05, 4.69) is 19.9 Å². The number of benzene rings is 1. The highest BCUT2D eigenvalue weighted by Crippen LogP contribution is 2.25. The van der Waals surface area contributed by atoms with Crippen LogP contribution in [-0.2, 0) is 0 Å². The Labute approximate surface area is 91.9 Å². The first-order chi connectivity index (χ1) is 7.11. The molecule has 0 saturated carbocycles. The van der Waals surface area contributed by atoms with Crippen molar-refractivity contribution in [1.82, 2.24) is 0 Å². The molecule has 0 aliphatic heterocycles. The van der Waals surface area contributed by atoms with Gasteiger partial charge in [-0.15, -0.1) is 0 Å². The van der Waals surface area contributed by atoms with Gasteiger partial charge in [-0.2, -0.15) is 0 Å². The van der Waals surface area contributed by atoms with Crippen LogP contribution in [0, 0.1) is 0 Å². The van der Waals surface area contributed by atoms with Gasteiger partial charge in [0.15, 0.2) is 0 Å². The van der Waals surface area contributed by atoms with Gasteiger partial charge in [0.05, 0.1) is 12.7 Å². The zero-order chi connectivity index (χ0) is 11.3. The Morgan fingerprint density at radius 2 is 1.87 bits per heavy atom. The van der Waals surface area contributed by atoms with Gasteiger partial charge in [0.2, 0.25) is 0 Å². The molecule has 84 valence electrons. The van der Waals surface area contributed by atoms with Gasteiger partial charge in [0, 0.05) is 6.42 Å². The van der Waals surface area contributed by atoms with E-state index in [4.69, 9.17) is 9.84 Å². The minimum atomic E-state index is -0.295. The lowest BCUT2D eigenvalue weighted by molar-refractivity contribution is 0.155. The molecule has 0 aromatic heterocycles. The highest BCUT2D eigenvalue weighted by atomic mass is 16.5. The molecule has 0 bridgehead atoms. The maximum atomic E-state index is 9.13. The number of hydrogen-bond donors (Lipinski definition) is 1. The maximum Gasteiger partial charge on any atom is 0.122 e. The van der Waals surface area contributed by atoms with Crippen LogP contribution in [0.2, 0.25) is 0 Å². The lowest BCUT2D eigenvalue weighted by atomic mass is 10.0. The largest absolute Gasteiger partial charge is 0.493 e. The number of rotatable bonds is 5. The monoisotopic (exact) mass is 208 g/mol. The van der Waals surface area contributed by atoms with Gasteiger partial charge >= 0.3 is 0 Å². The van der Waals surface area contributed by atoms with Gasteiger partial charge in [0.1, 0.15) is 5.75 Å². The second-order valence-electron chi connectivity index (χ2n) is 4.18. The summed E-state index contributed by atoms with van der Waals surface area (Å²) in [5, 5.41) is 9.13. The van der Waals surface area contributed by atoms with Crippen molar-refractivity contribution >= 4 is 0 Å². The van der Waals surface area contributed by atoms with E-state index in [-0.39, 0.29) is 6.10 Å². The minimum absolute atomic E-state index is 0.295. The van der Waals surface area contributed by atoms with E-state index in [1.807, 2.05) is 18.2 Å². The SMILES string of the molecule is CC(O)CCOc1ccccc1C(C)C. The molecule has 1 aromatic carbocycles. The van der Waals surface area contributed by atoms with Crippen molar-refractivity contribution in [3.05, 3.63) is 29.8 Å². The van der Waals surface area contributed by atoms with E-state index >= 15 is 0 Å². The lowest BCUT2D eigenvalue weighted by Crippen LogP contribution is -2.08. The molecular formula is C13H20O2. The fourth-order valence-electron chi connectivity index (χ4n) is 1.43. The third kappa shape index (κ3) is 3.92. The summed E-state index contributed by atoms with van der Waals surface area (Å²) < 4.78 is 5.65. The summed E-state index contributed by atoms with van der Waals surface area (Å²) in [7, 11) is 0. The molecule has 0 saturated heterocycles. The Kier molecular flexibility index (Phi) is 4.63. The smallest absolute Gasteiger partial charge is 0.122 e. The molecule has 0 aliphatic carbocycles. The van der Waals surface area contributed by atoms with Gasteiger partial charge in [-0.05, 0) is 24.5 Å². The summed E-state index contributed by atoms with van der Waals surface area (Å²) >= 11 is 0. The van der Waals surface area contributed by atoms with Crippen LogP contribution in [0.25, 0.3) is 0 Å². The zero-order valence-corrected chi connectivity index (χ0v) is 9.73. The zero-order valence-electron chi connectivity index (χ0n) is 9.73. The Morgan fingerprint density at radius 3 is 2.47 bits per heavy atom. The molecule has 2 heteroatoms. The second kappa shape index (κ2) is 5.76. The molecule has 2 nitrogen and oxygen atoms in total. The predicted molar refractivity (Wildman–Crippen MR) is 62.3 cm³/mol. The Bertz CT molecular complexity index is 292. The minimum Gasteiger partial charge on any atom is -0.493 e. The van der Waals surface area contributed by atoms with Crippen LogP contribution < -0.4 is 4.74 Å². The van der Waals surface area contributed by atoms with Crippen molar-refractivity contribution in [3.8, 4) is 5.75 Å². The van der Waals surface area contributed by atoms with Crippen molar-refractivity contribution in [2.75, 3.05) is 6.61 Å². The predicted octanol–water partition coefficient (Wildman–Crippen LogP) is 2.96. The van der Waals surface area contributed by atoms with Crippen LogP contribution in [0.1, 0.15) is 38.7 Å². The van der Waals surface area contributed by atoms with E-state index < -0.39 is 0 Å². The van der Waals surface area contributed by atoms with Crippen molar-refractivity contribution in [2.24, 2.45) is 0 Å². The molecule has 1 rings (SSSR count). The molecule has 1 unspecified atom stereocenters. The Morgan fingerprint density at radius 1 is 1.20 bits per heavy atom. The summed E-state index contributed by atoms with van der Waals surface area (Å²) in [5.41, 5.74) is 1.23. The van der Waals surface area contributed by atoms with Crippen LogP contribution in [-0.4, -0.2) is 17.8 Å². The topological polar surface area (TPSA) is 29.5 Å². The van der Waals surface area contributed by atoms with Gasteiger partial charge in [-0.1, -0.05) is 32.0 Å². The van der Waals surface area contributed by atoms with Crippen LogP contribution in [0.15, 0.2) is 24.3 Å². The number of ether oxygens (including phenoxy) is 1. The highest BCUT2D eigenvalue weighted by Gasteiger charge is 2.06. The first kappa shape index (κ1) is 12.1. The fourth-order valence-corrected chi connectivity index (χ4v) is 1.43. The summed E-state index contributed by atoms with van der Waals surface area (Å²) in [6.45, 7) is 6.65. The first-order valence-corrected chi connectivity index (χ1v) is 5.51. The summed E-state index contributed by atoms with van der Waals surface area (Å²) in [4.78, 5) is 0. The lowest BCUT2D eigenvalue weighted by Gasteiger charge is -2.14. The van der Waals surface area contributed by atoms with Crippen LogP contribution in [0.5, 0.6) is 5.75 Å². The summed E-state index contributed by atoms with van der Waals surface area (Å²) in [5.74, 6) is 1.40. The number of para-hydroxylation sites is 1. The molecule has 0 heterocycles. The van der Waals surface area contributed by atoms with Gasteiger partial charge < -0.3 is 9.84 Å². The van der Waals surface area contributed by atoms with E-state index in [1.54, 1.807) is 6.92 Å². The van der Waals surface area contributed by atoms with Crippen molar-refractivity contribution < 1.29 is 9.84 Å². The molecule has 0 radical (unpaired) electrons. The van der Waals surface area contributed by atoms with Crippen molar-refractivity contribution in [1.29, 1.82) is 0 Å². The first-order valence-electron chi connectivity index (χ1n) is 5.51. The molecule has 0 spiro atoms. The third-order valence-corrected chi connectivity index (χ3v) is 2.33. The van der Waals surface area contributed by atoms with E-state index in [0.29, 0.717) is 18.9 Å². The number of aliphatic hydroxyl groups excluding tert-OH is 1. The normalized spacial score (nSPS) is 12.9. The van der Waals surface area contributed by atoms with Gasteiger partial charge in [-0.3, -0.25) is 0 Å². The van der Waals surface area contributed by atoms with E-state index in [9.17, 15) is 0 Å². The van der Waals surface area contributed by atoms with Gasteiger partial charge in [-0.25, -0.2) is 0 Å². The average molecular weight is 208 g/mol. The Hall–Kier alpha value is -1.02. The standard InChI is InChI=1S/C13H20O2/c1-10(2)12-6-4-5-7-13(12)15-9-8-11(3)14/h4-7,10-11,14H,8-9H2,1-3H3. The Balaban J connectivity index is 2.59. The van der Waals surface area contributed by atoms with Crippen LogP contribution in [0.3, 0.4) is 0 Å². The molecule has 1 atom stereocenters. The second-order valence-corrected chi connectivity index (χ2v) is 4.18. The van der Waals surface area contributed by atoms with E-state index in [0.717, 1.165) is 5.75 Å². The molecule has 0 aliphatic rings. The molecule has 0 amide bonds. The molecular weight excluding hydrogens is 188 g/mol. The van der Waals surface area contributed by atoms with Crippen molar-refractivity contribution in [2.45, 2.75) is 39.2 Å². The summed E-state index contributed by atoms with van der Waals surface area (Å²) in [6.07, 6.45) is 0.378. The number of hydrogen-bond acceptors (Lipinski definition) is 2. The third-order valence-electron chi connectivity index (χ3n) is 2.33. The molecule has 1 aromatic rings. The van der Waals surface area contributed by atoms with Crippen molar-refractivity contribution in [3.63, 3.8) is 0 Å². The van der Waals surface area contributed by atoms with Gasteiger partial charge in [0.25, 0.3) is 0 Å². The summed E-state index contributed by atoms with van der Waals surface area (Å²) in [6, 6.07) is 8.07.